The normalized spacial score (nSPS) is 17.2. The molecule has 0 bridgehead atoms. The average molecular weight is 534 g/mol. The van der Waals surface area contributed by atoms with Crippen LogP contribution in [0.5, 0.6) is 0 Å². The van der Waals surface area contributed by atoms with E-state index in [9.17, 15) is 9.90 Å². The van der Waals surface area contributed by atoms with Gasteiger partial charge in [0.05, 0.1) is 19.3 Å². The fourth-order valence-electron chi connectivity index (χ4n) is 5.41. The highest BCUT2D eigenvalue weighted by Crippen LogP contribution is 2.32. The van der Waals surface area contributed by atoms with E-state index < -0.39 is 6.09 Å². The summed E-state index contributed by atoms with van der Waals surface area (Å²) < 4.78 is 12.3. The van der Waals surface area contributed by atoms with Crippen LogP contribution in [0.2, 0.25) is 0 Å². The number of fused-ring (bicyclic) bond motifs is 1. The van der Waals surface area contributed by atoms with Crippen LogP contribution in [0.25, 0.3) is 22.2 Å². The largest absolute Gasteiger partial charge is 0.465 e. The second-order valence-electron chi connectivity index (χ2n) is 10.3. The lowest BCUT2D eigenvalue weighted by Gasteiger charge is -2.37. The summed E-state index contributed by atoms with van der Waals surface area (Å²) >= 11 is 0. The molecular formula is C33H31N3O4. The molecule has 1 saturated heterocycles. The van der Waals surface area contributed by atoms with Crippen molar-refractivity contribution in [3.8, 4) is 11.5 Å². The molecule has 4 aromatic carbocycles. The maximum atomic E-state index is 11.7. The van der Waals surface area contributed by atoms with Crippen molar-refractivity contribution in [2.45, 2.75) is 37.9 Å². The molecule has 1 N–H and O–H groups in total. The number of aromatic nitrogens is 2. The summed E-state index contributed by atoms with van der Waals surface area (Å²) in [6.45, 7) is 1.29. The van der Waals surface area contributed by atoms with E-state index in [0.717, 1.165) is 24.0 Å². The zero-order valence-electron chi connectivity index (χ0n) is 22.1. The van der Waals surface area contributed by atoms with Crippen LogP contribution < -0.4 is 0 Å². The SMILES string of the molecule is O=C(O)N1CCC(c2ccc(CCc3nnc(-c4ccccc4)o3)cc2)C(OCc2ccc3ccccc3c2)C1. The van der Waals surface area contributed by atoms with Crippen LogP contribution in [-0.4, -0.2) is 45.5 Å². The molecule has 7 heteroatoms. The van der Waals surface area contributed by atoms with E-state index in [0.29, 0.717) is 37.9 Å². The molecule has 1 aromatic heterocycles. The first-order valence-electron chi connectivity index (χ1n) is 13.7. The van der Waals surface area contributed by atoms with Gasteiger partial charge in [-0.3, -0.25) is 0 Å². The van der Waals surface area contributed by atoms with Gasteiger partial charge in [0.2, 0.25) is 11.8 Å². The quantitative estimate of drug-likeness (QED) is 0.238. The van der Waals surface area contributed by atoms with Crippen LogP contribution in [0.4, 0.5) is 4.79 Å². The minimum Gasteiger partial charge on any atom is -0.465 e. The van der Waals surface area contributed by atoms with Gasteiger partial charge in [0.1, 0.15) is 0 Å². The van der Waals surface area contributed by atoms with Gasteiger partial charge in [-0.2, -0.15) is 0 Å². The second kappa shape index (κ2) is 11.7. The number of carboxylic acid groups (broad SMARTS) is 1. The van der Waals surface area contributed by atoms with Crippen molar-refractivity contribution in [3.63, 3.8) is 0 Å². The Bertz CT molecular complexity index is 1580. The molecule has 40 heavy (non-hydrogen) atoms. The summed E-state index contributed by atoms with van der Waals surface area (Å²) in [6.07, 6.45) is 1.05. The molecule has 1 aliphatic heterocycles. The van der Waals surface area contributed by atoms with E-state index >= 15 is 0 Å². The van der Waals surface area contributed by atoms with Crippen LogP contribution >= 0.6 is 0 Å². The Morgan fingerprint density at radius 2 is 1.62 bits per heavy atom. The predicted octanol–water partition coefficient (Wildman–Crippen LogP) is 6.73. The van der Waals surface area contributed by atoms with Gasteiger partial charge in [-0.1, -0.05) is 78.9 Å². The van der Waals surface area contributed by atoms with Crippen LogP contribution in [0.3, 0.4) is 0 Å². The van der Waals surface area contributed by atoms with Gasteiger partial charge in [0.15, 0.2) is 0 Å². The van der Waals surface area contributed by atoms with Crippen molar-refractivity contribution in [2.24, 2.45) is 0 Å². The third-order valence-corrected chi connectivity index (χ3v) is 7.63. The molecule has 2 atom stereocenters. The van der Waals surface area contributed by atoms with Crippen molar-refractivity contribution in [1.29, 1.82) is 0 Å². The van der Waals surface area contributed by atoms with Crippen LogP contribution in [-0.2, 0) is 24.2 Å². The zero-order valence-corrected chi connectivity index (χ0v) is 22.1. The van der Waals surface area contributed by atoms with E-state index in [4.69, 9.17) is 9.15 Å². The van der Waals surface area contributed by atoms with Crippen LogP contribution in [0.15, 0.2) is 101 Å². The van der Waals surface area contributed by atoms with E-state index in [1.165, 1.54) is 26.8 Å². The molecule has 1 amide bonds. The van der Waals surface area contributed by atoms with Gasteiger partial charge < -0.3 is 19.2 Å². The number of benzene rings is 4. The van der Waals surface area contributed by atoms with Gasteiger partial charge in [0.25, 0.3) is 0 Å². The molecule has 202 valence electrons. The third-order valence-electron chi connectivity index (χ3n) is 7.63. The van der Waals surface area contributed by atoms with Crippen molar-refractivity contribution in [2.75, 3.05) is 13.1 Å². The molecule has 1 aliphatic rings. The first kappa shape index (κ1) is 25.8. The van der Waals surface area contributed by atoms with Crippen molar-refractivity contribution < 1.29 is 19.1 Å². The minimum absolute atomic E-state index is 0.120. The summed E-state index contributed by atoms with van der Waals surface area (Å²) in [5.74, 6) is 1.27. The molecule has 0 spiro atoms. The molecule has 2 unspecified atom stereocenters. The first-order chi connectivity index (χ1) is 19.6. The molecule has 5 aromatic rings. The van der Waals surface area contributed by atoms with Crippen molar-refractivity contribution >= 4 is 16.9 Å². The number of nitrogens with zero attached hydrogens (tertiary/aromatic N) is 3. The number of carbonyl (C=O) groups is 1. The highest BCUT2D eigenvalue weighted by molar-refractivity contribution is 5.82. The average Bonchev–Trinajstić information content (AvgIpc) is 3.49. The smallest absolute Gasteiger partial charge is 0.407 e. The lowest BCUT2D eigenvalue weighted by atomic mass is 9.86. The molecule has 0 saturated carbocycles. The topological polar surface area (TPSA) is 88.7 Å². The number of piperidine rings is 1. The number of amides is 1. The monoisotopic (exact) mass is 533 g/mol. The zero-order chi connectivity index (χ0) is 27.3. The molecular weight excluding hydrogens is 502 g/mol. The van der Waals surface area contributed by atoms with E-state index in [-0.39, 0.29) is 12.0 Å². The Morgan fingerprint density at radius 1 is 0.875 bits per heavy atom. The van der Waals surface area contributed by atoms with Gasteiger partial charge in [0, 0.05) is 24.4 Å². The Kier molecular flexibility index (Phi) is 7.55. The lowest BCUT2D eigenvalue weighted by molar-refractivity contribution is -0.0199. The van der Waals surface area contributed by atoms with Gasteiger partial charge in [-0.05, 0) is 58.5 Å². The molecule has 1 fully saturated rings. The number of ether oxygens (including phenoxy) is 1. The predicted molar refractivity (Wildman–Crippen MR) is 153 cm³/mol. The number of aryl methyl sites for hydroxylation is 2. The van der Waals surface area contributed by atoms with Crippen LogP contribution in [0.1, 0.15) is 34.9 Å². The fraction of sp³-hybridized carbons (Fsp3) is 0.242. The van der Waals surface area contributed by atoms with Crippen molar-refractivity contribution in [1.82, 2.24) is 15.1 Å². The molecule has 2 heterocycles. The Hall–Kier alpha value is -4.49. The second-order valence-corrected chi connectivity index (χ2v) is 10.3. The lowest BCUT2D eigenvalue weighted by Crippen LogP contribution is -2.46. The number of rotatable bonds is 8. The van der Waals surface area contributed by atoms with Gasteiger partial charge in [-0.15, -0.1) is 10.2 Å². The number of hydrogen-bond donors (Lipinski definition) is 1. The maximum absolute atomic E-state index is 11.7. The van der Waals surface area contributed by atoms with E-state index in [1.54, 1.807) is 0 Å². The summed E-state index contributed by atoms with van der Waals surface area (Å²) in [4.78, 5) is 13.2. The molecule has 7 nitrogen and oxygen atoms in total. The molecule has 0 radical (unpaired) electrons. The summed E-state index contributed by atoms with van der Waals surface area (Å²) in [5.41, 5.74) is 4.34. The van der Waals surface area contributed by atoms with E-state index in [1.807, 2.05) is 42.5 Å². The Labute approximate surface area is 233 Å². The Morgan fingerprint density at radius 3 is 2.42 bits per heavy atom. The Balaban J connectivity index is 1.11. The van der Waals surface area contributed by atoms with Crippen LogP contribution in [0, 0.1) is 0 Å². The highest BCUT2D eigenvalue weighted by Gasteiger charge is 2.33. The molecule has 0 aliphatic carbocycles. The summed E-state index contributed by atoms with van der Waals surface area (Å²) in [5, 5.41) is 20.4. The number of hydrogen-bond acceptors (Lipinski definition) is 5. The standard InChI is InChI=1S/C33H31N3O4/c37-33(38)36-19-18-29(30(21-36)39-22-24-12-14-25-6-4-5-9-28(25)20-24)26-15-10-23(11-16-26)13-17-31-34-35-32(40-31)27-7-2-1-3-8-27/h1-12,14-16,20,29-30H,13,17-19,21-22H2,(H,37,38). The van der Waals surface area contributed by atoms with E-state index in [2.05, 4.69) is 64.8 Å². The summed E-state index contributed by atoms with van der Waals surface area (Å²) in [6, 6.07) is 32.9. The first-order valence-corrected chi connectivity index (χ1v) is 13.7. The molecule has 6 rings (SSSR count). The fourth-order valence-corrected chi connectivity index (χ4v) is 5.41. The van der Waals surface area contributed by atoms with Gasteiger partial charge >= 0.3 is 6.09 Å². The van der Waals surface area contributed by atoms with Gasteiger partial charge in [-0.25, -0.2) is 4.79 Å². The van der Waals surface area contributed by atoms with Crippen molar-refractivity contribution in [3.05, 3.63) is 120 Å². The maximum Gasteiger partial charge on any atom is 0.407 e. The minimum atomic E-state index is -0.899. The summed E-state index contributed by atoms with van der Waals surface area (Å²) in [7, 11) is 0. The number of likely N-dealkylation sites (tertiary alicyclic amines) is 1. The highest BCUT2D eigenvalue weighted by atomic mass is 16.5. The third kappa shape index (κ3) is 5.90.